The lowest BCUT2D eigenvalue weighted by Crippen LogP contribution is -2.38. The van der Waals surface area contributed by atoms with E-state index in [4.69, 9.17) is 4.74 Å². The van der Waals surface area contributed by atoms with Gasteiger partial charge < -0.3 is 15.0 Å². The molecule has 8 heteroatoms. The number of hydrogen-bond donors (Lipinski definition) is 1. The van der Waals surface area contributed by atoms with Gasteiger partial charge in [-0.05, 0) is 12.5 Å². The van der Waals surface area contributed by atoms with Crippen LogP contribution in [-0.2, 0) is 24.4 Å². The van der Waals surface area contributed by atoms with Crippen molar-refractivity contribution in [3.8, 4) is 0 Å². The highest BCUT2D eigenvalue weighted by Gasteiger charge is 2.13. The molecule has 0 saturated carbocycles. The van der Waals surface area contributed by atoms with Crippen LogP contribution in [0, 0.1) is 0 Å². The summed E-state index contributed by atoms with van der Waals surface area (Å²) < 4.78 is 7.29. The molecule has 0 aliphatic carbocycles. The quantitative estimate of drug-likeness (QED) is 0.454. The molecule has 0 saturated heterocycles. The molecule has 0 bridgehead atoms. The lowest BCUT2D eigenvalue weighted by atomic mass is 10.2. The smallest absolute Gasteiger partial charge is 0.194 e. The number of nitrogens with one attached hydrogen (secondary N) is 1. The molecule has 1 N–H and O–H groups in total. The standard InChI is InChI=1S/C21H28N6OS/c1-16(28-4)20-25-19(15-29-20)14-26(3)21(22-2)23-10-18-11-24-27(13-18)12-17-8-6-5-7-9-17/h5-9,11,13,15-16H,10,12,14H2,1-4H3,(H,22,23). The summed E-state index contributed by atoms with van der Waals surface area (Å²) in [4.78, 5) is 11.1. The van der Waals surface area contributed by atoms with Crippen molar-refractivity contribution in [2.75, 3.05) is 21.2 Å². The highest BCUT2D eigenvalue weighted by atomic mass is 32.1. The summed E-state index contributed by atoms with van der Waals surface area (Å²) in [5, 5.41) is 10.9. The second-order valence-corrected chi connectivity index (χ2v) is 7.73. The molecule has 2 heterocycles. The molecule has 1 atom stereocenters. The first-order chi connectivity index (χ1) is 14.1. The third kappa shape index (κ3) is 5.88. The number of nitrogens with zero attached hydrogens (tertiary/aromatic N) is 5. The minimum atomic E-state index is 0.0175. The van der Waals surface area contributed by atoms with E-state index < -0.39 is 0 Å². The molecule has 1 aromatic carbocycles. The summed E-state index contributed by atoms with van der Waals surface area (Å²) in [6, 6.07) is 10.3. The second kappa shape index (κ2) is 10.2. The van der Waals surface area contributed by atoms with Gasteiger partial charge in [0.25, 0.3) is 0 Å². The van der Waals surface area contributed by atoms with Gasteiger partial charge in [-0.25, -0.2) is 4.98 Å². The fraction of sp³-hybridized carbons (Fsp3) is 0.381. The molecule has 7 nitrogen and oxygen atoms in total. The number of thiazole rings is 1. The maximum Gasteiger partial charge on any atom is 0.194 e. The summed E-state index contributed by atoms with van der Waals surface area (Å²) in [6.07, 6.45) is 3.97. The van der Waals surface area contributed by atoms with Crippen LogP contribution in [0.1, 0.15) is 34.9 Å². The van der Waals surface area contributed by atoms with Gasteiger partial charge in [0.15, 0.2) is 5.96 Å². The number of rotatable bonds is 8. The lowest BCUT2D eigenvalue weighted by Gasteiger charge is -2.21. The molecule has 29 heavy (non-hydrogen) atoms. The maximum absolute atomic E-state index is 5.34. The second-order valence-electron chi connectivity index (χ2n) is 6.84. The number of ether oxygens (including phenoxy) is 1. The van der Waals surface area contributed by atoms with E-state index in [2.05, 4.69) is 49.0 Å². The summed E-state index contributed by atoms with van der Waals surface area (Å²) in [5.74, 6) is 0.815. The van der Waals surface area contributed by atoms with Crippen LogP contribution < -0.4 is 5.32 Å². The zero-order chi connectivity index (χ0) is 20.6. The molecule has 1 unspecified atom stereocenters. The van der Waals surface area contributed by atoms with Crippen LogP contribution in [-0.4, -0.2) is 46.8 Å². The Balaban J connectivity index is 1.53. The summed E-state index contributed by atoms with van der Waals surface area (Å²) in [7, 11) is 5.50. The first-order valence-corrected chi connectivity index (χ1v) is 10.4. The molecule has 0 aliphatic rings. The fourth-order valence-electron chi connectivity index (χ4n) is 2.92. The maximum atomic E-state index is 5.34. The van der Waals surface area contributed by atoms with E-state index in [1.807, 2.05) is 43.0 Å². The Labute approximate surface area is 176 Å². The van der Waals surface area contributed by atoms with Gasteiger partial charge >= 0.3 is 0 Å². The summed E-state index contributed by atoms with van der Waals surface area (Å²) in [5.41, 5.74) is 3.35. The molecule has 0 fully saturated rings. The molecule has 0 spiro atoms. The topological polar surface area (TPSA) is 67.6 Å². The van der Waals surface area contributed by atoms with Crippen molar-refractivity contribution in [1.29, 1.82) is 0 Å². The zero-order valence-corrected chi connectivity index (χ0v) is 18.2. The van der Waals surface area contributed by atoms with Gasteiger partial charge in [0.05, 0.1) is 25.0 Å². The molecule has 0 aliphatic heterocycles. The normalized spacial score (nSPS) is 12.8. The fourth-order valence-corrected chi connectivity index (χ4v) is 3.76. The van der Waals surface area contributed by atoms with Crippen LogP contribution in [0.25, 0.3) is 0 Å². The molecule has 154 valence electrons. The number of methoxy groups -OCH3 is 1. The van der Waals surface area contributed by atoms with Crippen molar-refractivity contribution >= 4 is 17.3 Å². The first-order valence-electron chi connectivity index (χ1n) is 9.53. The summed E-state index contributed by atoms with van der Waals surface area (Å²) in [6.45, 7) is 4.11. The van der Waals surface area contributed by atoms with E-state index in [1.165, 1.54) is 5.56 Å². The van der Waals surface area contributed by atoms with E-state index in [1.54, 1.807) is 25.5 Å². The van der Waals surface area contributed by atoms with Crippen LogP contribution >= 0.6 is 11.3 Å². The highest BCUT2D eigenvalue weighted by Crippen LogP contribution is 2.20. The Bertz CT molecular complexity index is 920. The SMILES string of the molecule is CN=C(NCc1cnn(Cc2ccccc2)c1)N(C)Cc1csc(C(C)OC)n1. The average molecular weight is 413 g/mol. The van der Waals surface area contributed by atoms with Crippen molar-refractivity contribution in [2.24, 2.45) is 4.99 Å². The third-order valence-electron chi connectivity index (χ3n) is 4.57. The van der Waals surface area contributed by atoms with E-state index in [-0.39, 0.29) is 6.10 Å². The number of guanidine groups is 1. The number of aromatic nitrogens is 3. The molecule has 0 amide bonds. The van der Waals surface area contributed by atoms with Gasteiger partial charge in [-0.2, -0.15) is 5.10 Å². The monoisotopic (exact) mass is 412 g/mol. The predicted octanol–water partition coefficient (Wildman–Crippen LogP) is 3.30. The van der Waals surface area contributed by atoms with Crippen molar-refractivity contribution in [3.05, 3.63) is 69.9 Å². The molecular weight excluding hydrogens is 384 g/mol. The van der Waals surface area contributed by atoms with Crippen LogP contribution in [0.2, 0.25) is 0 Å². The van der Waals surface area contributed by atoms with Crippen molar-refractivity contribution in [2.45, 2.75) is 32.7 Å². The Kier molecular flexibility index (Phi) is 7.37. The molecule has 3 aromatic rings. The largest absolute Gasteiger partial charge is 0.375 e. The van der Waals surface area contributed by atoms with Gasteiger partial charge in [0.2, 0.25) is 0 Å². The van der Waals surface area contributed by atoms with Gasteiger partial charge in [-0.1, -0.05) is 30.3 Å². The van der Waals surface area contributed by atoms with Crippen LogP contribution in [0.5, 0.6) is 0 Å². The first kappa shape index (κ1) is 21.0. The predicted molar refractivity (Wildman–Crippen MR) is 117 cm³/mol. The van der Waals surface area contributed by atoms with Crippen LogP contribution in [0.4, 0.5) is 0 Å². The van der Waals surface area contributed by atoms with Gasteiger partial charge in [-0.15, -0.1) is 11.3 Å². The van der Waals surface area contributed by atoms with Gasteiger partial charge in [-0.3, -0.25) is 9.67 Å². The van der Waals surface area contributed by atoms with Gasteiger partial charge in [0.1, 0.15) is 11.1 Å². The Morgan fingerprint density at radius 3 is 2.83 bits per heavy atom. The highest BCUT2D eigenvalue weighted by molar-refractivity contribution is 7.09. The zero-order valence-electron chi connectivity index (χ0n) is 17.4. The van der Waals surface area contributed by atoms with E-state index in [9.17, 15) is 0 Å². The third-order valence-corrected chi connectivity index (χ3v) is 5.62. The van der Waals surface area contributed by atoms with Gasteiger partial charge in [0, 0.05) is 44.9 Å². The number of hydrogen-bond acceptors (Lipinski definition) is 5. The average Bonchev–Trinajstić information content (AvgIpc) is 3.38. The minimum absolute atomic E-state index is 0.0175. The van der Waals surface area contributed by atoms with Crippen LogP contribution in [0.3, 0.4) is 0 Å². The molecule has 0 radical (unpaired) electrons. The number of aliphatic imine (C=N–C) groups is 1. The van der Waals surface area contributed by atoms with Crippen molar-refractivity contribution in [3.63, 3.8) is 0 Å². The van der Waals surface area contributed by atoms with E-state index >= 15 is 0 Å². The molecule has 2 aromatic heterocycles. The Morgan fingerprint density at radius 2 is 2.10 bits per heavy atom. The van der Waals surface area contributed by atoms with Crippen molar-refractivity contribution < 1.29 is 4.74 Å². The Morgan fingerprint density at radius 1 is 1.31 bits per heavy atom. The molecular formula is C21H28N6OS. The Hall–Kier alpha value is -2.71. The molecule has 3 rings (SSSR count). The van der Waals surface area contributed by atoms with Crippen LogP contribution in [0.15, 0.2) is 53.1 Å². The summed E-state index contributed by atoms with van der Waals surface area (Å²) >= 11 is 1.62. The number of benzene rings is 1. The van der Waals surface area contributed by atoms with E-state index in [0.717, 1.165) is 28.8 Å². The van der Waals surface area contributed by atoms with Crippen molar-refractivity contribution in [1.82, 2.24) is 25.0 Å². The van der Waals surface area contributed by atoms with E-state index in [0.29, 0.717) is 13.1 Å². The lowest BCUT2D eigenvalue weighted by molar-refractivity contribution is 0.119. The minimum Gasteiger partial charge on any atom is -0.375 e.